The highest BCUT2D eigenvalue weighted by Crippen LogP contribution is 2.69. The van der Waals surface area contributed by atoms with E-state index in [1.807, 2.05) is 0 Å². The van der Waals surface area contributed by atoms with Crippen LogP contribution in [0.4, 0.5) is 0 Å². The lowest BCUT2D eigenvalue weighted by molar-refractivity contribution is -0.148. The summed E-state index contributed by atoms with van der Waals surface area (Å²) in [7, 11) is 1.14. The molecule has 7 rings (SSSR count). The second kappa shape index (κ2) is 7.20. The Morgan fingerprint density at radius 1 is 0.718 bits per heavy atom. The van der Waals surface area contributed by atoms with Crippen molar-refractivity contribution >= 4 is 34.5 Å². The number of ether oxygens (including phenoxy) is 1. The molecule has 0 aliphatic heterocycles. The fourth-order valence-corrected chi connectivity index (χ4v) is 6.97. The molecule has 0 heterocycles. The number of fused-ring (bicyclic) bond motifs is 7. The standard InChI is InChI=1S/C31H18O8/c1-39-29(38)31-27(14-4-2-6-18(32)24(14)28(31)37)15-8-10-20(34)26-21(35)11-9-17(23(15)26)30(31)13-12-22(36)25-16(30)5-3-7-19(25)33/h2-13,32-33,35H,1H3. The van der Waals surface area contributed by atoms with Gasteiger partial charge in [0.05, 0.1) is 29.2 Å². The SMILES string of the molecule is COC(=O)C12C(=O)c3c(O)cccc3C1=C1C=CC(=O)c3c(O)ccc(c31)C21C=CC(=O)c2c(O)cccc21. The van der Waals surface area contributed by atoms with E-state index in [2.05, 4.69) is 0 Å². The first-order chi connectivity index (χ1) is 18.7. The molecule has 4 aliphatic carbocycles. The van der Waals surface area contributed by atoms with Crippen LogP contribution < -0.4 is 0 Å². The van der Waals surface area contributed by atoms with Crippen LogP contribution in [0.1, 0.15) is 53.3 Å². The van der Waals surface area contributed by atoms with E-state index >= 15 is 0 Å². The summed E-state index contributed by atoms with van der Waals surface area (Å²) < 4.78 is 5.34. The number of rotatable bonds is 1. The molecule has 1 spiro atoms. The van der Waals surface area contributed by atoms with Gasteiger partial charge in [-0.1, -0.05) is 42.5 Å². The molecule has 39 heavy (non-hydrogen) atoms. The lowest BCUT2D eigenvalue weighted by atomic mass is 9.47. The van der Waals surface area contributed by atoms with Crippen LogP contribution in [0.2, 0.25) is 0 Å². The Balaban J connectivity index is 1.82. The van der Waals surface area contributed by atoms with Crippen molar-refractivity contribution in [3.63, 3.8) is 0 Å². The maximum Gasteiger partial charge on any atom is 0.325 e. The summed E-state index contributed by atoms with van der Waals surface area (Å²) in [6.07, 6.45) is 5.35. The number of phenolic OH excluding ortho intramolecular Hbond substituents is 3. The van der Waals surface area contributed by atoms with Crippen molar-refractivity contribution in [2.45, 2.75) is 5.41 Å². The maximum absolute atomic E-state index is 14.7. The van der Waals surface area contributed by atoms with E-state index in [1.54, 1.807) is 12.1 Å². The number of esters is 1. The van der Waals surface area contributed by atoms with Crippen LogP contribution in [-0.4, -0.2) is 45.7 Å². The van der Waals surface area contributed by atoms with E-state index in [1.165, 1.54) is 60.7 Å². The number of hydrogen-bond donors (Lipinski definition) is 3. The van der Waals surface area contributed by atoms with Gasteiger partial charge in [-0.3, -0.25) is 19.2 Å². The van der Waals surface area contributed by atoms with Crippen molar-refractivity contribution in [3.05, 3.63) is 112 Å². The average Bonchev–Trinajstić information content (AvgIpc) is 3.20. The van der Waals surface area contributed by atoms with Crippen molar-refractivity contribution in [1.29, 1.82) is 0 Å². The molecule has 2 unspecified atom stereocenters. The zero-order valence-electron chi connectivity index (χ0n) is 20.3. The lowest BCUT2D eigenvalue weighted by Crippen LogP contribution is -2.58. The first-order valence-electron chi connectivity index (χ1n) is 12.1. The van der Waals surface area contributed by atoms with Crippen LogP contribution in [0.25, 0.3) is 11.1 Å². The summed E-state index contributed by atoms with van der Waals surface area (Å²) in [6, 6.07) is 11.6. The third-order valence-corrected chi connectivity index (χ3v) is 8.33. The Labute approximate surface area is 220 Å². The summed E-state index contributed by atoms with van der Waals surface area (Å²) >= 11 is 0. The van der Waals surface area contributed by atoms with Gasteiger partial charge in [0.15, 0.2) is 22.8 Å². The number of methoxy groups -OCH3 is 1. The number of ketones is 3. The zero-order valence-corrected chi connectivity index (χ0v) is 20.3. The highest BCUT2D eigenvalue weighted by atomic mass is 16.5. The third-order valence-electron chi connectivity index (χ3n) is 8.33. The first kappa shape index (κ1) is 22.9. The summed E-state index contributed by atoms with van der Waals surface area (Å²) in [5, 5.41) is 32.5. The van der Waals surface area contributed by atoms with Crippen LogP contribution in [-0.2, 0) is 14.9 Å². The molecule has 3 aromatic carbocycles. The van der Waals surface area contributed by atoms with Crippen molar-refractivity contribution in [1.82, 2.24) is 0 Å². The molecule has 0 saturated heterocycles. The van der Waals surface area contributed by atoms with Gasteiger partial charge in [-0.25, -0.2) is 0 Å². The Morgan fingerprint density at radius 3 is 2.10 bits per heavy atom. The minimum atomic E-state index is -2.20. The lowest BCUT2D eigenvalue weighted by Gasteiger charge is -2.51. The first-order valence-corrected chi connectivity index (χ1v) is 12.1. The smallest absolute Gasteiger partial charge is 0.325 e. The van der Waals surface area contributed by atoms with Gasteiger partial charge in [0.25, 0.3) is 0 Å². The van der Waals surface area contributed by atoms with Crippen molar-refractivity contribution in [3.8, 4) is 17.2 Å². The Bertz CT molecular complexity index is 1860. The van der Waals surface area contributed by atoms with E-state index in [4.69, 9.17) is 4.74 Å². The Hall–Kier alpha value is -5.24. The summed E-state index contributed by atoms with van der Waals surface area (Å²) in [4.78, 5) is 55.2. The van der Waals surface area contributed by atoms with Crippen LogP contribution in [0, 0.1) is 5.41 Å². The van der Waals surface area contributed by atoms with Crippen LogP contribution >= 0.6 is 0 Å². The van der Waals surface area contributed by atoms with Gasteiger partial charge in [-0.05, 0) is 58.2 Å². The zero-order chi connectivity index (χ0) is 27.4. The fourth-order valence-electron chi connectivity index (χ4n) is 6.97. The van der Waals surface area contributed by atoms with Crippen LogP contribution in [0.5, 0.6) is 17.2 Å². The number of carbonyl (C=O) groups is 4. The molecule has 0 aromatic heterocycles. The van der Waals surface area contributed by atoms with Gasteiger partial charge in [0.2, 0.25) is 0 Å². The number of carbonyl (C=O) groups excluding carboxylic acids is 4. The van der Waals surface area contributed by atoms with E-state index in [-0.39, 0.29) is 61.8 Å². The summed E-state index contributed by atoms with van der Waals surface area (Å²) in [5.74, 6) is -3.75. The molecule has 8 heteroatoms. The quantitative estimate of drug-likeness (QED) is 0.326. The molecular weight excluding hydrogens is 500 g/mol. The van der Waals surface area contributed by atoms with Gasteiger partial charge >= 0.3 is 5.97 Å². The largest absolute Gasteiger partial charge is 0.507 e. The molecule has 3 N–H and O–H groups in total. The normalized spacial score (nSPS) is 23.5. The predicted octanol–water partition coefficient (Wildman–Crippen LogP) is 3.87. The summed E-state index contributed by atoms with van der Waals surface area (Å²) in [5.41, 5.74) is -2.79. The predicted molar refractivity (Wildman–Crippen MR) is 138 cm³/mol. The highest BCUT2D eigenvalue weighted by Gasteiger charge is 2.72. The molecule has 2 atom stereocenters. The van der Waals surface area contributed by atoms with Crippen molar-refractivity contribution in [2.75, 3.05) is 7.11 Å². The van der Waals surface area contributed by atoms with Gasteiger partial charge in [-0.15, -0.1) is 0 Å². The van der Waals surface area contributed by atoms with Gasteiger partial charge < -0.3 is 20.1 Å². The molecule has 0 amide bonds. The number of benzene rings is 3. The average molecular weight is 518 g/mol. The third kappa shape index (κ3) is 2.31. The summed E-state index contributed by atoms with van der Waals surface area (Å²) in [6.45, 7) is 0. The molecule has 8 nitrogen and oxygen atoms in total. The van der Waals surface area contributed by atoms with Crippen molar-refractivity contribution < 1.29 is 39.2 Å². The Morgan fingerprint density at radius 2 is 1.36 bits per heavy atom. The van der Waals surface area contributed by atoms with E-state index in [0.717, 1.165) is 7.11 Å². The highest BCUT2D eigenvalue weighted by molar-refractivity contribution is 6.36. The van der Waals surface area contributed by atoms with Gasteiger partial charge in [0, 0.05) is 5.56 Å². The van der Waals surface area contributed by atoms with E-state index in [9.17, 15) is 34.5 Å². The van der Waals surface area contributed by atoms with Crippen LogP contribution in [0.3, 0.4) is 0 Å². The van der Waals surface area contributed by atoms with Crippen molar-refractivity contribution in [2.24, 2.45) is 5.41 Å². The molecule has 3 aromatic rings. The fraction of sp³-hybridized carbons (Fsp3) is 0.0968. The molecule has 0 radical (unpaired) electrons. The molecule has 4 aliphatic rings. The van der Waals surface area contributed by atoms with E-state index in [0.29, 0.717) is 5.57 Å². The second-order valence-corrected chi connectivity index (χ2v) is 9.84. The molecule has 0 fully saturated rings. The minimum Gasteiger partial charge on any atom is -0.507 e. The monoisotopic (exact) mass is 518 g/mol. The maximum atomic E-state index is 14.7. The molecule has 0 saturated carbocycles. The minimum absolute atomic E-state index is 0.0246. The molecule has 190 valence electrons. The number of Topliss-reactive ketones (excluding diaryl/α,β-unsaturated/α-hetero) is 1. The van der Waals surface area contributed by atoms with Gasteiger partial charge in [-0.2, -0.15) is 0 Å². The molecular formula is C31H18O8. The number of allylic oxidation sites excluding steroid dienone is 5. The molecule has 0 bridgehead atoms. The van der Waals surface area contributed by atoms with E-state index < -0.39 is 34.1 Å². The number of phenols is 3. The number of aromatic hydroxyl groups is 3. The number of hydrogen-bond acceptors (Lipinski definition) is 8. The Kier molecular flexibility index (Phi) is 4.23. The van der Waals surface area contributed by atoms with Crippen LogP contribution in [0.15, 0.2) is 72.8 Å². The second-order valence-electron chi connectivity index (χ2n) is 9.84. The topological polar surface area (TPSA) is 138 Å². The van der Waals surface area contributed by atoms with Gasteiger partial charge in [0.1, 0.15) is 17.2 Å².